The van der Waals surface area contributed by atoms with Gasteiger partial charge >= 0.3 is 0 Å². The van der Waals surface area contributed by atoms with Crippen molar-refractivity contribution in [1.29, 1.82) is 0 Å². The Balaban J connectivity index is 2.26. The van der Waals surface area contributed by atoms with Crippen LogP contribution in [0.5, 0.6) is 5.75 Å². The van der Waals surface area contributed by atoms with Crippen molar-refractivity contribution in [3.63, 3.8) is 0 Å². The molecule has 15 heavy (non-hydrogen) atoms. The Labute approximate surface area is 93.1 Å². The molecule has 0 bridgehead atoms. The Morgan fingerprint density at radius 1 is 1.27 bits per heavy atom. The number of nitrogen functional groups attached to an aromatic ring is 1. The molecule has 3 nitrogen and oxygen atoms in total. The van der Waals surface area contributed by atoms with E-state index in [0.29, 0.717) is 12.4 Å². The molecule has 1 rings (SSSR count). The van der Waals surface area contributed by atoms with Crippen LogP contribution in [0.15, 0.2) is 24.3 Å². The van der Waals surface area contributed by atoms with Crippen molar-refractivity contribution in [2.45, 2.75) is 13.3 Å². The van der Waals surface area contributed by atoms with Gasteiger partial charge in [-0.25, -0.2) is 0 Å². The number of rotatable bonds is 6. The summed E-state index contributed by atoms with van der Waals surface area (Å²) in [6, 6.07) is 7.22. The minimum absolute atomic E-state index is 0.497. The summed E-state index contributed by atoms with van der Waals surface area (Å²) in [6.07, 6.45) is 0.953. The number of ether oxygens (including phenoxy) is 1. The van der Waals surface area contributed by atoms with Crippen molar-refractivity contribution < 1.29 is 8.95 Å². The van der Waals surface area contributed by atoms with Crippen molar-refractivity contribution in [1.82, 2.24) is 0 Å². The lowest BCUT2D eigenvalue weighted by Gasteiger charge is -2.05. The third-order valence-electron chi connectivity index (χ3n) is 1.89. The molecule has 0 saturated heterocycles. The van der Waals surface area contributed by atoms with E-state index in [-0.39, 0.29) is 0 Å². The van der Waals surface area contributed by atoms with Crippen LogP contribution in [0, 0.1) is 0 Å². The van der Waals surface area contributed by atoms with E-state index in [1.165, 1.54) is 0 Å². The van der Waals surface area contributed by atoms with E-state index in [0.717, 1.165) is 23.6 Å². The minimum Gasteiger partial charge on any atom is -0.493 e. The second-order valence-corrected chi connectivity index (χ2v) is 4.96. The zero-order valence-electron chi connectivity index (χ0n) is 8.94. The highest BCUT2D eigenvalue weighted by Crippen LogP contribution is 2.12. The maximum Gasteiger partial charge on any atom is 0.119 e. The van der Waals surface area contributed by atoms with E-state index in [1.54, 1.807) is 12.1 Å². The summed E-state index contributed by atoms with van der Waals surface area (Å²) in [5.74, 6) is 2.13. The van der Waals surface area contributed by atoms with Crippen molar-refractivity contribution in [2.75, 3.05) is 23.8 Å². The van der Waals surface area contributed by atoms with Gasteiger partial charge in [0.25, 0.3) is 0 Å². The van der Waals surface area contributed by atoms with Crippen LogP contribution < -0.4 is 10.5 Å². The van der Waals surface area contributed by atoms with E-state index in [1.807, 2.05) is 19.1 Å². The van der Waals surface area contributed by atoms with Gasteiger partial charge in [0.15, 0.2) is 0 Å². The smallest absolute Gasteiger partial charge is 0.119 e. The van der Waals surface area contributed by atoms with Gasteiger partial charge in [0.05, 0.1) is 12.4 Å². The van der Waals surface area contributed by atoms with Crippen LogP contribution >= 0.6 is 0 Å². The molecule has 0 saturated carbocycles. The molecule has 0 aliphatic heterocycles. The molecule has 1 unspecified atom stereocenters. The summed E-state index contributed by atoms with van der Waals surface area (Å²) < 4.78 is 16.7. The molecule has 0 radical (unpaired) electrons. The summed E-state index contributed by atoms with van der Waals surface area (Å²) in [4.78, 5) is 0. The predicted molar refractivity (Wildman–Crippen MR) is 64.5 cm³/mol. The van der Waals surface area contributed by atoms with Crippen molar-refractivity contribution >= 4 is 16.5 Å². The number of anilines is 1. The van der Waals surface area contributed by atoms with Gasteiger partial charge in [-0.3, -0.25) is 4.21 Å². The van der Waals surface area contributed by atoms with Crippen molar-refractivity contribution in [3.8, 4) is 5.75 Å². The SMILES string of the molecule is CCCS(=O)CCOc1ccc(N)cc1. The van der Waals surface area contributed by atoms with Crippen LogP contribution in [-0.2, 0) is 10.8 Å². The number of hydrogen-bond donors (Lipinski definition) is 1. The third-order valence-corrected chi connectivity index (χ3v) is 3.38. The normalized spacial score (nSPS) is 12.3. The summed E-state index contributed by atoms with van der Waals surface area (Å²) in [5, 5.41) is 0. The Kier molecular flexibility index (Phi) is 5.18. The molecule has 0 aliphatic carbocycles. The fraction of sp³-hybridized carbons (Fsp3) is 0.455. The molecule has 0 heterocycles. The largest absolute Gasteiger partial charge is 0.493 e. The van der Waals surface area contributed by atoms with E-state index in [2.05, 4.69) is 0 Å². The van der Waals surface area contributed by atoms with Gasteiger partial charge in [0.2, 0.25) is 0 Å². The van der Waals surface area contributed by atoms with E-state index < -0.39 is 10.8 Å². The van der Waals surface area contributed by atoms with Gasteiger partial charge in [0, 0.05) is 22.2 Å². The second kappa shape index (κ2) is 6.45. The first-order valence-electron chi connectivity index (χ1n) is 5.05. The summed E-state index contributed by atoms with van der Waals surface area (Å²) in [6.45, 7) is 2.52. The zero-order valence-corrected chi connectivity index (χ0v) is 9.76. The van der Waals surface area contributed by atoms with Gasteiger partial charge in [-0.15, -0.1) is 0 Å². The monoisotopic (exact) mass is 227 g/mol. The van der Waals surface area contributed by atoms with Gasteiger partial charge < -0.3 is 10.5 Å². The molecule has 1 aromatic rings. The average Bonchev–Trinajstić information content (AvgIpc) is 2.21. The maximum absolute atomic E-state index is 11.3. The van der Waals surface area contributed by atoms with Crippen LogP contribution in [0.3, 0.4) is 0 Å². The summed E-state index contributed by atoms with van der Waals surface area (Å²) in [7, 11) is -0.748. The number of benzene rings is 1. The Bertz CT molecular complexity index is 311. The van der Waals surface area contributed by atoms with Gasteiger partial charge in [-0.05, 0) is 30.7 Å². The lowest BCUT2D eigenvalue weighted by atomic mass is 10.3. The van der Waals surface area contributed by atoms with Crippen LogP contribution in [0.1, 0.15) is 13.3 Å². The molecule has 2 N–H and O–H groups in total. The Morgan fingerprint density at radius 3 is 2.53 bits per heavy atom. The van der Waals surface area contributed by atoms with Crippen LogP contribution in [0.4, 0.5) is 5.69 Å². The highest BCUT2D eigenvalue weighted by molar-refractivity contribution is 7.84. The van der Waals surface area contributed by atoms with E-state index in [4.69, 9.17) is 10.5 Å². The topological polar surface area (TPSA) is 52.3 Å². The molecule has 0 amide bonds. The van der Waals surface area contributed by atoms with E-state index >= 15 is 0 Å². The zero-order chi connectivity index (χ0) is 11.1. The lowest BCUT2D eigenvalue weighted by Crippen LogP contribution is -2.10. The molecule has 1 aromatic carbocycles. The van der Waals surface area contributed by atoms with Crippen LogP contribution in [0.2, 0.25) is 0 Å². The average molecular weight is 227 g/mol. The second-order valence-electron chi connectivity index (χ2n) is 3.27. The van der Waals surface area contributed by atoms with E-state index in [9.17, 15) is 4.21 Å². The molecule has 0 fully saturated rings. The molecular formula is C11H17NO2S. The molecule has 4 heteroatoms. The Morgan fingerprint density at radius 2 is 1.93 bits per heavy atom. The molecule has 1 atom stereocenters. The maximum atomic E-state index is 11.3. The van der Waals surface area contributed by atoms with Crippen molar-refractivity contribution in [2.24, 2.45) is 0 Å². The van der Waals surface area contributed by atoms with Gasteiger partial charge in [-0.1, -0.05) is 6.92 Å². The first kappa shape index (κ1) is 12.0. The predicted octanol–water partition coefficient (Wildman–Crippen LogP) is 1.81. The van der Waals surface area contributed by atoms with Crippen LogP contribution in [-0.4, -0.2) is 22.3 Å². The standard InChI is InChI=1S/C11H17NO2S/c1-2-8-15(13)9-7-14-11-5-3-10(12)4-6-11/h3-6H,2,7-9,12H2,1H3. The van der Waals surface area contributed by atoms with Gasteiger partial charge in [0.1, 0.15) is 5.75 Å². The highest BCUT2D eigenvalue weighted by Gasteiger charge is 1.98. The van der Waals surface area contributed by atoms with Crippen molar-refractivity contribution in [3.05, 3.63) is 24.3 Å². The first-order chi connectivity index (χ1) is 7.22. The molecule has 84 valence electrons. The summed E-state index contributed by atoms with van der Waals surface area (Å²) in [5.41, 5.74) is 6.26. The summed E-state index contributed by atoms with van der Waals surface area (Å²) >= 11 is 0. The molecular weight excluding hydrogens is 210 g/mol. The highest BCUT2D eigenvalue weighted by atomic mass is 32.2. The molecule has 0 spiro atoms. The molecule has 0 aliphatic rings. The fourth-order valence-corrected chi connectivity index (χ4v) is 2.07. The number of hydrogen-bond acceptors (Lipinski definition) is 3. The third kappa shape index (κ3) is 4.83. The minimum atomic E-state index is -0.748. The lowest BCUT2D eigenvalue weighted by molar-refractivity contribution is 0.342. The fourth-order valence-electron chi connectivity index (χ4n) is 1.15. The van der Waals surface area contributed by atoms with Crippen LogP contribution in [0.25, 0.3) is 0 Å². The molecule has 0 aromatic heterocycles. The first-order valence-corrected chi connectivity index (χ1v) is 6.54. The van der Waals surface area contributed by atoms with Gasteiger partial charge in [-0.2, -0.15) is 0 Å². The number of nitrogens with two attached hydrogens (primary N) is 1. The Hall–Kier alpha value is -1.03. The quantitative estimate of drug-likeness (QED) is 0.754.